The second-order valence-electron chi connectivity index (χ2n) is 5.95. The number of nitrogens with zero attached hydrogens (tertiary/aromatic N) is 3. The number of methoxy groups -OCH3 is 1. The molecule has 0 unspecified atom stereocenters. The van der Waals surface area contributed by atoms with Crippen molar-refractivity contribution in [3.63, 3.8) is 0 Å². The zero-order chi connectivity index (χ0) is 15.6. The molecule has 0 radical (unpaired) electrons. The van der Waals surface area contributed by atoms with Gasteiger partial charge in [-0.15, -0.1) is 0 Å². The minimum absolute atomic E-state index is 0.00400. The van der Waals surface area contributed by atoms with Crippen molar-refractivity contribution in [3.05, 3.63) is 18.1 Å². The Bertz CT molecular complexity index is 545. The average molecular weight is 307 g/mol. The van der Waals surface area contributed by atoms with Crippen molar-refractivity contribution in [2.75, 3.05) is 33.4 Å². The van der Waals surface area contributed by atoms with Gasteiger partial charge in [0, 0.05) is 26.1 Å². The molecule has 7 nitrogen and oxygen atoms in total. The van der Waals surface area contributed by atoms with E-state index in [-0.39, 0.29) is 24.2 Å². The predicted octanol–water partition coefficient (Wildman–Crippen LogP) is 0.570. The summed E-state index contributed by atoms with van der Waals surface area (Å²) >= 11 is 0. The van der Waals surface area contributed by atoms with Crippen LogP contribution in [-0.4, -0.2) is 65.9 Å². The number of amides is 1. The molecule has 0 N–H and O–H groups in total. The van der Waals surface area contributed by atoms with Gasteiger partial charge >= 0.3 is 0 Å². The Labute approximate surface area is 129 Å². The maximum atomic E-state index is 11.8. The van der Waals surface area contributed by atoms with Crippen LogP contribution in [0.2, 0.25) is 0 Å². The van der Waals surface area contributed by atoms with Crippen molar-refractivity contribution in [1.29, 1.82) is 0 Å². The minimum atomic E-state index is -0.274. The molecule has 22 heavy (non-hydrogen) atoms. The molecule has 2 fully saturated rings. The van der Waals surface area contributed by atoms with Gasteiger partial charge in [0.15, 0.2) is 0 Å². The molecular formula is C15H21N3O4. The number of aromatic nitrogens is 2. The predicted molar refractivity (Wildman–Crippen MR) is 77.6 cm³/mol. The Morgan fingerprint density at radius 2 is 2.32 bits per heavy atom. The van der Waals surface area contributed by atoms with Crippen LogP contribution in [0.15, 0.2) is 12.4 Å². The summed E-state index contributed by atoms with van der Waals surface area (Å²) in [4.78, 5) is 21.9. The summed E-state index contributed by atoms with van der Waals surface area (Å²) in [5, 5.41) is 0. The fourth-order valence-corrected chi connectivity index (χ4v) is 3.01. The van der Waals surface area contributed by atoms with Crippen LogP contribution in [0.25, 0.3) is 0 Å². The van der Waals surface area contributed by atoms with Crippen molar-refractivity contribution >= 4 is 5.91 Å². The molecule has 1 spiro atoms. The SMILES string of the molecule is COCC(=O)N1CC2(C[C@H](Oc3cncc(C)n3)CCO2)C1. The third-order valence-corrected chi connectivity index (χ3v) is 4.05. The molecule has 1 aromatic heterocycles. The standard InChI is InChI=1S/C15H21N3O4/c1-11-6-16-7-13(17-11)22-12-3-4-21-15(5-12)9-18(10-15)14(19)8-20-2/h6-7,12H,3-5,8-10H2,1-2H3/t12-/m1/s1. The first-order chi connectivity index (χ1) is 10.6. The summed E-state index contributed by atoms with van der Waals surface area (Å²) in [7, 11) is 1.53. The minimum Gasteiger partial charge on any atom is -0.473 e. The third-order valence-electron chi connectivity index (χ3n) is 4.05. The number of hydrogen-bond donors (Lipinski definition) is 0. The first-order valence-electron chi connectivity index (χ1n) is 7.46. The summed E-state index contributed by atoms with van der Waals surface area (Å²) < 4.78 is 16.7. The fraction of sp³-hybridized carbons (Fsp3) is 0.667. The highest BCUT2D eigenvalue weighted by Crippen LogP contribution is 2.35. The lowest BCUT2D eigenvalue weighted by atomic mass is 9.84. The molecule has 120 valence electrons. The van der Waals surface area contributed by atoms with Gasteiger partial charge in [-0.25, -0.2) is 4.98 Å². The van der Waals surface area contributed by atoms with Gasteiger partial charge in [0.05, 0.1) is 31.6 Å². The second-order valence-corrected chi connectivity index (χ2v) is 5.95. The number of carbonyl (C=O) groups excluding carboxylic acids is 1. The summed E-state index contributed by atoms with van der Waals surface area (Å²) in [5.74, 6) is 0.554. The lowest BCUT2D eigenvalue weighted by molar-refractivity contribution is -0.195. The average Bonchev–Trinajstić information content (AvgIpc) is 2.45. The number of aryl methyl sites for hydroxylation is 1. The normalized spacial score (nSPS) is 23.2. The molecule has 1 amide bonds. The van der Waals surface area contributed by atoms with E-state index in [9.17, 15) is 4.79 Å². The van der Waals surface area contributed by atoms with Gasteiger partial charge in [0.1, 0.15) is 18.3 Å². The summed E-state index contributed by atoms with van der Waals surface area (Å²) in [6.07, 6.45) is 4.96. The quantitative estimate of drug-likeness (QED) is 0.810. The molecule has 1 aromatic rings. The lowest BCUT2D eigenvalue weighted by Crippen LogP contribution is -2.68. The highest BCUT2D eigenvalue weighted by atomic mass is 16.5. The van der Waals surface area contributed by atoms with Gasteiger partial charge in [0.25, 0.3) is 0 Å². The fourth-order valence-electron chi connectivity index (χ4n) is 3.01. The Kier molecular flexibility index (Phi) is 4.26. The van der Waals surface area contributed by atoms with Crippen LogP contribution in [-0.2, 0) is 14.3 Å². The second kappa shape index (κ2) is 6.18. The first kappa shape index (κ1) is 15.2. The number of hydrogen-bond acceptors (Lipinski definition) is 6. The van der Waals surface area contributed by atoms with Crippen molar-refractivity contribution in [2.24, 2.45) is 0 Å². The molecular weight excluding hydrogens is 286 g/mol. The molecule has 0 aliphatic carbocycles. The molecule has 1 atom stereocenters. The van der Waals surface area contributed by atoms with E-state index in [4.69, 9.17) is 14.2 Å². The van der Waals surface area contributed by atoms with Crippen LogP contribution in [0.4, 0.5) is 0 Å². The number of likely N-dealkylation sites (tertiary alicyclic amines) is 1. The molecule has 2 saturated heterocycles. The van der Waals surface area contributed by atoms with Crippen LogP contribution in [0.5, 0.6) is 5.88 Å². The first-order valence-corrected chi connectivity index (χ1v) is 7.46. The maximum absolute atomic E-state index is 11.8. The highest BCUT2D eigenvalue weighted by Gasteiger charge is 2.49. The Hall–Kier alpha value is -1.73. The zero-order valence-corrected chi connectivity index (χ0v) is 12.9. The van der Waals surface area contributed by atoms with E-state index in [0.717, 1.165) is 18.5 Å². The third kappa shape index (κ3) is 3.20. The van der Waals surface area contributed by atoms with E-state index >= 15 is 0 Å². The lowest BCUT2D eigenvalue weighted by Gasteiger charge is -2.52. The molecule has 7 heteroatoms. The van der Waals surface area contributed by atoms with Crippen molar-refractivity contribution in [3.8, 4) is 5.88 Å². The molecule has 3 rings (SSSR count). The van der Waals surface area contributed by atoms with Gasteiger partial charge in [0.2, 0.25) is 11.8 Å². The van der Waals surface area contributed by atoms with Crippen LogP contribution in [0.3, 0.4) is 0 Å². The molecule has 0 saturated carbocycles. The number of rotatable bonds is 4. The van der Waals surface area contributed by atoms with Crippen LogP contribution in [0.1, 0.15) is 18.5 Å². The summed E-state index contributed by atoms with van der Waals surface area (Å²) in [5.41, 5.74) is 0.558. The van der Waals surface area contributed by atoms with Crippen LogP contribution < -0.4 is 4.74 Å². The molecule has 0 aromatic carbocycles. The summed E-state index contributed by atoms with van der Waals surface area (Å²) in [6.45, 7) is 3.85. The summed E-state index contributed by atoms with van der Waals surface area (Å²) in [6, 6.07) is 0. The topological polar surface area (TPSA) is 73.8 Å². The van der Waals surface area contributed by atoms with E-state index < -0.39 is 0 Å². The molecule has 0 bridgehead atoms. The Morgan fingerprint density at radius 3 is 3.05 bits per heavy atom. The van der Waals surface area contributed by atoms with E-state index in [1.165, 1.54) is 7.11 Å². The number of ether oxygens (including phenoxy) is 3. The van der Waals surface area contributed by atoms with Crippen molar-refractivity contribution in [1.82, 2.24) is 14.9 Å². The zero-order valence-electron chi connectivity index (χ0n) is 12.9. The number of carbonyl (C=O) groups is 1. The van der Waals surface area contributed by atoms with E-state index in [0.29, 0.717) is 25.6 Å². The Balaban J connectivity index is 1.56. The highest BCUT2D eigenvalue weighted by molar-refractivity contribution is 5.78. The van der Waals surface area contributed by atoms with E-state index in [1.54, 1.807) is 17.3 Å². The van der Waals surface area contributed by atoms with E-state index in [2.05, 4.69) is 9.97 Å². The van der Waals surface area contributed by atoms with Gasteiger partial charge in [-0.2, -0.15) is 0 Å². The monoisotopic (exact) mass is 307 g/mol. The van der Waals surface area contributed by atoms with Crippen LogP contribution >= 0.6 is 0 Å². The van der Waals surface area contributed by atoms with Crippen molar-refractivity contribution < 1.29 is 19.0 Å². The van der Waals surface area contributed by atoms with Gasteiger partial charge in [-0.1, -0.05) is 0 Å². The van der Waals surface area contributed by atoms with Gasteiger partial charge in [-0.3, -0.25) is 9.78 Å². The van der Waals surface area contributed by atoms with Crippen LogP contribution in [0, 0.1) is 6.92 Å². The molecule has 2 aliphatic heterocycles. The Morgan fingerprint density at radius 1 is 1.50 bits per heavy atom. The van der Waals surface area contributed by atoms with Gasteiger partial charge in [-0.05, 0) is 6.92 Å². The molecule has 3 heterocycles. The van der Waals surface area contributed by atoms with E-state index in [1.807, 2.05) is 6.92 Å². The smallest absolute Gasteiger partial charge is 0.248 e. The molecule has 2 aliphatic rings. The maximum Gasteiger partial charge on any atom is 0.248 e. The van der Waals surface area contributed by atoms with Gasteiger partial charge < -0.3 is 19.1 Å². The largest absolute Gasteiger partial charge is 0.473 e. The van der Waals surface area contributed by atoms with Crippen molar-refractivity contribution in [2.45, 2.75) is 31.5 Å².